The van der Waals surface area contributed by atoms with Crippen LogP contribution in [0.1, 0.15) is 26.3 Å². The number of aldehydes is 1. The maximum Gasteiger partial charge on any atom is 0.420 e. The van der Waals surface area contributed by atoms with Gasteiger partial charge in [-0.05, 0) is 12.1 Å². The molecule has 0 aliphatic carbocycles. The van der Waals surface area contributed by atoms with Crippen LogP contribution in [-0.2, 0) is 6.18 Å². The number of hydrogen-bond acceptors (Lipinski definition) is 3. The van der Waals surface area contributed by atoms with Crippen molar-refractivity contribution in [1.29, 1.82) is 0 Å². The van der Waals surface area contributed by atoms with E-state index in [1.165, 1.54) is 0 Å². The molecule has 0 fully saturated rings. The van der Waals surface area contributed by atoms with Crippen molar-refractivity contribution in [3.63, 3.8) is 0 Å². The second-order valence-corrected chi connectivity index (χ2v) is 2.94. The Balaban J connectivity index is 3.54. The Morgan fingerprint density at radius 3 is 2.31 bits per heavy atom. The van der Waals surface area contributed by atoms with Crippen LogP contribution in [0.25, 0.3) is 0 Å². The summed E-state index contributed by atoms with van der Waals surface area (Å²) in [5.74, 6) is -2.33. The van der Waals surface area contributed by atoms with Gasteiger partial charge < -0.3 is 10.8 Å². The number of primary amides is 1. The third-order valence-corrected chi connectivity index (χ3v) is 1.86. The number of amides is 1. The van der Waals surface area contributed by atoms with E-state index in [1.54, 1.807) is 0 Å². The molecular formula is C9H6F3NO3. The van der Waals surface area contributed by atoms with Crippen molar-refractivity contribution in [3.8, 4) is 5.75 Å². The van der Waals surface area contributed by atoms with Gasteiger partial charge in [0.2, 0.25) is 5.91 Å². The van der Waals surface area contributed by atoms with Gasteiger partial charge in [0.25, 0.3) is 0 Å². The predicted molar refractivity (Wildman–Crippen MR) is 47.0 cm³/mol. The Morgan fingerprint density at radius 2 is 1.94 bits per heavy atom. The van der Waals surface area contributed by atoms with Crippen LogP contribution in [0.2, 0.25) is 0 Å². The number of rotatable bonds is 2. The zero-order valence-electron chi connectivity index (χ0n) is 7.71. The summed E-state index contributed by atoms with van der Waals surface area (Å²) in [7, 11) is 0. The second-order valence-electron chi connectivity index (χ2n) is 2.94. The molecule has 3 N–H and O–H groups in total. The molecule has 1 amide bonds. The van der Waals surface area contributed by atoms with E-state index in [9.17, 15) is 22.8 Å². The van der Waals surface area contributed by atoms with Gasteiger partial charge in [-0.15, -0.1) is 0 Å². The van der Waals surface area contributed by atoms with Gasteiger partial charge in [-0.25, -0.2) is 0 Å². The molecule has 0 unspecified atom stereocenters. The van der Waals surface area contributed by atoms with Crippen LogP contribution >= 0.6 is 0 Å². The first kappa shape index (κ1) is 12.0. The Hall–Kier alpha value is -2.05. The number of hydrogen-bond donors (Lipinski definition) is 2. The molecule has 0 radical (unpaired) electrons. The monoisotopic (exact) mass is 233 g/mol. The lowest BCUT2D eigenvalue weighted by Gasteiger charge is -2.11. The lowest BCUT2D eigenvalue weighted by Crippen LogP contribution is -2.14. The zero-order chi connectivity index (χ0) is 12.5. The van der Waals surface area contributed by atoms with Crippen LogP contribution in [-0.4, -0.2) is 17.3 Å². The molecule has 0 spiro atoms. The van der Waals surface area contributed by atoms with Crippen LogP contribution in [0.5, 0.6) is 5.75 Å². The summed E-state index contributed by atoms with van der Waals surface area (Å²) in [5, 5.41) is 9.13. The van der Waals surface area contributed by atoms with E-state index in [1.807, 2.05) is 0 Å². The van der Waals surface area contributed by atoms with E-state index < -0.39 is 34.5 Å². The molecular weight excluding hydrogens is 227 g/mol. The van der Waals surface area contributed by atoms with Crippen LogP contribution in [0.4, 0.5) is 13.2 Å². The summed E-state index contributed by atoms with van der Waals surface area (Å²) in [6.45, 7) is 0. The maximum atomic E-state index is 12.4. The summed E-state index contributed by atoms with van der Waals surface area (Å²) in [6, 6.07) is 1.19. The number of alkyl halides is 3. The van der Waals surface area contributed by atoms with Crippen LogP contribution in [0.15, 0.2) is 12.1 Å². The van der Waals surface area contributed by atoms with Crippen molar-refractivity contribution >= 4 is 12.2 Å². The number of nitrogens with two attached hydrogens (primary N) is 1. The average Bonchev–Trinajstić information content (AvgIpc) is 2.15. The molecule has 86 valence electrons. The van der Waals surface area contributed by atoms with Gasteiger partial charge in [-0.1, -0.05) is 0 Å². The normalized spacial score (nSPS) is 11.2. The molecule has 7 heteroatoms. The molecule has 0 aliphatic heterocycles. The highest BCUT2D eigenvalue weighted by atomic mass is 19.4. The van der Waals surface area contributed by atoms with E-state index in [2.05, 4.69) is 0 Å². The largest absolute Gasteiger partial charge is 0.507 e. The van der Waals surface area contributed by atoms with E-state index in [0.717, 1.165) is 6.07 Å². The first-order chi connectivity index (χ1) is 7.27. The molecule has 16 heavy (non-hydrogen) atoms. The number of phenolic OH excluding ortho intramolecular Hbond substituents is 1. The fraction of sp³-hybridized carbons (Fsp3) is 0.111. The Morgan fingerprint density at radius 1 is 1.38 bits per heavy atom. The summed E-state index contributed by atoms with van der Waals surface area (Å²) < 4.78 is 37.1. The minimum Gasteiger partial charge on any atom is -0.507 e. The van der Waals surface area contributed by atoms with Crippen molar-refractivity contribution in [3.05, 3.63) is 28.8 Å². The van der Waals surface area contributed by atoms with E-state index >= 15 is 0 Å². The minimum atomic E-state index is -4.87. The van der Waals surface area contributed by atoms with Crippen molar-refractivity contribution < 1.29 is 27.9 Å². The number of benzene rings is 1. The number of phenols is 1. The third-order valence-electron chi connectivity index (χ3n) is 1.86. The molecule has 0 atom stereocenters. The first-order valence-corrected chi connectivity index (χ1v) is 3.96. The van der Waals surface area contributed by atoms with Gasteiger partial charge in [-0.3, -0.25) is 9.59 Å². The smallest absolute Gasteiger partial charge is 0.420 e. The molecule has 1 rings (SSSR count). The third kappa shape index (κ3) is 2.13. The molecule has 1 aromatic rings. The lowest BCUT2D eigenvalue weighted by atomic mass is 10.0. The second kappa shape index (κ2) is 3.84. The maximum absolute atomic E-state index is 12.4. The fourth-order valence-electron chi connectivity index (χ4n) is 1.11. The molecule has 4 nitrogen and oxygen atoms in total. The predicted octanol–water partition coefficient (Wildman–Crippen LogP) is 1.32. The van der Waals surface area contributed by atoms with E-state index in [0.29, 0.717) is 6.07 Å². The summed E-state index contributed by atoms with van der Waals surface area (Å²) in [6.07, 6.45) is -4.86. The van der Waals surface area contributed by atoms with Crippen molar-refractivity contribution in [2.75, 3.05) is 0 Å². The topological polar surface area (TPSA) is 80.4 Å². The Kier molecular flexibility index (Phi) is 2.88. The summed E-state index contributed by atoms with van der Waals surface area (Å²) in [5.41, 5.74) is 2.20. The standard InChI is InChI=1S/C9H6F3NO3/c10-9(11,12)6-2-4(8(13)16)1-5(3-14)7(6)15/h1-3,15H,(H2,13,16). The van der Waals surface area contributed by atoms with Gasteiger partial charge >= 0.3 is 6.18 Å². The number of halogens is 3. The average molecular weight is 233 g/mol. The van der Waals surface area contributed by atoms with Crippen LogP contribution in [0.3, 0.4) is 0 Å². The van der Waals surface area contributed by atoms with Crippen LogP contribution in [0, 0.1) is 0 Å². The highest BCUT2D eigenvalue weighted by Gasteiger charge is 2.35. The number of carbonyl (C=O) groups excluding carboxylic acids is 2. The van der Waals surface area contributed by atoms with Gasteiger partial charge in [0.15, 0.2) is 6.29 Å². The molecule has 0 aliphatic rings. The van der Waals surface area contributed by atoms with Crippen LogP contribution < -0.4 is 5.73 Å². The molecule has 0 bridgehead atoms. The molecule has 0 heterocycles. The number of aromatic hydroxyl groups is 1. The van der Waals surface area contributed by atoms with Gasteiger partial charge in [0.05, 0.1) is 11.1 Å². The molecule has 0 saturated carbocycles. The van der Waals surface area contributed by atoms with Gasteiger partial charge in [-0.2, -0.15) is 13.2 Å². The molecule has 1 aromatic carbocycles. The lowest BCUT2D eigenvalue weighted by molar-refractivity contribution is -0.138. The highest BCUT2D eigenvalue weighted by Crippen LogP contribution is 2.37. The molecule has 0 saturated heterocycles. The van der Waals surface area contributed by atoms with Crippen molar-refractivity contribution in [2.45, 2.75) is 6.18 Å². The fourth-order valence-corrected chi connectivity index (χ4v) is 1.11. The zero-order valence-corrected chi connectivity index (χ0v) is 7.71. The minimum absolute atomic E-state index is 0.0109. The summed E-state index contributed by atoms with van der Waals surface area (Å²) >= 11 is 0. The van der Waals surface area contributed by atoms with E-state index in [-0.39, 0.29) is 6.29 Å². The highest BCUT2D eigenvalue weighted by molar-refractivity contribution is 5.95. The summed E-state index contributed by atoms with van der Waals surface area (Å²) in [4.78, 5) is 21.1. The SMILES string of the molecule is NC(=O)c1cc(C=O)c(O)c(C(F)(F)F)c1. The van der Waals surface area contributed by atoms with Crippen molar-refractivity contribution in [1.82, 2.24) is 0 Å². The molecule has 0 aromatic heterocycles. The Bertz CT molecular complexity index is 454. The van der Waals surface area contributed by atoms with Gasteiger partial charge in [0.1, 0.15) is 5.75 Å². The van der Waals surface area contributed by atoms with E-state index in [4.69, 9.17) is 10.8 Å². The quantitative estimate of drug-likeness (QED) is 0.756. The first-order valence-electron chi connectivity index (χ1n) is 3.96. The Labute approximate surface area is 87.5 Å². The van der Waals surface area contributed by atoms with Crippen molar-refractivity contribution in [2.24, 2.45) is 5.73 Å². The number of carbonyl (C=O) groups is 2. The van der Waals surface area contributed by atoms with Gasteiger partial charge in [0, 0.05) is 5.56 Å².